The van der Waals surface area contributed by atoms with Crippen molar-refractivity contribution in [1.82, 2.24) is 19.7 Å². The predicted octanol–water partition coefficient (Wildman–Crippen LogP) is 5.33. The number of anilines is 1. The van der Waals surface area contributed by atoms with E-state index in [1.165, 1.54) is 12.8 Å². The summed E-state index contributed by atoms with van der Waals surface area (Å²) in [6, 6.07) is 11.8. The molecule has 1 saturated heterocycles. The predicted molar refractivity (Wildman–Crippen MR) is 140 cm³/mol. The Morgan fingerprint density at radius 1 is 1.09 bits per heavy atom. The van der Waals surface area contributed by atoms with E-state index in [-0.39, 0.29) is 5.69 Å². The fourth-order valence-corrected chi connectivity index (χ4v) is 5.57. The van der Waals surface area contributed by atoms with E-state index in [2.05, 4.69) is 28.6 Å². The van der Waals surface area contributed by atoms with Crippen molar-refractivity contribution < 1.29 is 9.90 Å². The van der Waals surface area contributed by atoms with E-state index in [4.69, 9.17) is 5.10 Å². The molecule has 0 radical (unpaired) electrons. The summed E-state index contributed by atoms with van der Waals surface area (Å²) < 4.78 is 1.86. The Hall–Kier alpha value is -2.93. The Kier molecular flexibility index (Phi) is 7.04. The Bertz CT molecular complexity index is 1160. The van der Waals surface area contributed by atoms with Gasteiger partial charge in [-0.3, -0.25) is 0 Å². The van der Waals surface area contributed by atoms with Crippen LogP contribution in [-0.2, 0) is 0 Å². The fraction of sp³-hybridized carbons (Fsp3) is 0.536. The van der Waals surface area contributed by atoms with Gasteiger partial charge in [-0.15, -0.1) is 0 Å². The molecule has 1 N–H and O–H groups in total. The van der Waals surface area contributed by atoms with Crippen molar-refractivity contribution in [3.05, 3.63) is 47.8 Å². The van der Waals surface area contributed by atoms with E-state index in [9.17, 15) is 9.90 Å². The van der Waals surface area contributed by atoms with Crippen LogP contribution in [0.2, 0.25) is 0 Å². The molecule has 1 aliphatic heterocycles. The van der Waals surface area contributed by atoms with Gasteiger partial charge in [-0.1, -0.05) is 38.5 Å². The average molecular weight is 476 g/mol. The molecule has 0 amide bonds. The van der Waals surface area contributed by atoms with Crippen LogP contribution < -0.4 is 4.90 Å². The van der Waals surface area contributed by atoms with Crippen LogP contribution in [-0.4, -0.2) is 63.5 Å². The second-order valence-electron chi connectivity index (χ2n) is 10.0. The topological polar surface area (TPSA) is 74.5 Å². The molecule has 3 heterocycles. The summed E-state index contributed by atoms with van der Waals surface area (Å²) in [6.45, 7) is 9.74. The molecule has 0 unspecified atom stereocenters. The molecule has 0 atom stereocenters. The molecule has 1 saturated carbocycles. The van der Waals surface area contributed by atoms with Gasteiger partial charge in [0.1, 0.15) is 0 Å². The molecule has 7 heteroatoms. The third-order valence-corrected chi connectivity index (χ3v) is 8.06. The molecular formula is C28H37N5O2. The highest BCUT2D eigenvalue weighted by atomic mass is 16.4. The van der Waals surface area contributed by atoms with Crippen molar-refractivity contribution in [1.29, 1.82) is 0 Å². The summed E-state index contributed by atoms with van der Waals surface area (Å²) in [5.74, 6) is 0.153. The van der Waals surface area contributed by atoms with E-state index in [0.29, 0.717) is 11.6 Å². The minimum atomic E-state index is -0.992. The summed E-state index contributed by atoms with van der Waals surface area (Å²) in [4.78, 5) is 21.6. The maximum atomic E-state index is 12.1. The van der Waals surface area contributed by atoms with E-state index in [0.717, 1.165) is 86.8 Å². The van der Waals surface area contributed by atoms with Crippen LogP contribution in [0.4, 0.5) is 5.69 Å². The largest absolute Gasteiger partial charge is 0.477 e. The molecular weight excluding hydrogens is 438 g/mol. The van der Waals surface area contributed by atoms with Crippen LogP contribution in [0, 0.1) is 5.92 Å². The number of hydrogen-bond donors (Lipinski definition) is 1. The number of benzene rings is 1. The van der Waals surface area contributed by atoms with Crippen molar-refractivity contribution in [2.24, 2.45) is 5.92 Å². The third-order valence-electron chi connectivity index (χ3n) is 8.06. The second kappa shape index (κ2) is 10.4. The first-order valence-electron chi connectivity index (χ1n) is 13.3. The molecule has 1 aromatic carbocycles. The van der Waals surface area contributed by atoms with Crippen LogP contribution in [0.5, 0.6) is 0 Å². The number of piperidine rings is 1. The Balaban J connectivity index is 1.50. The van der Waals surface area contributed by atoms with E-state index in [1.54, 1.807) is 6.07 Å². The number of pyridine rings is 1. The lowest BCUT2D eigenvalue weighted by molar-refractivity contribution is 0.0691. The van der Waals surface area contributed by atoms with Crippen molar-refractivity contribution in [2.75, 3.05) is 37.6 Å². The van der Waals surface area contributed by atoms with Gasteiger partial charge in [0.15, 0.2) is 11.3 Å². The zero-order valence-corrected chi connectivity index (χ0v) is 21.0. The summed E-state index contributed by atoms with van der Waals surface area (Å²) >= 11 is 0. The van der Waals surface area contributed by atoms with Crippen LogP contribution in [0.1, 0.15) is 74.5 Å². The van der Waals surface area contributed by atoms with Gasteiger partial charge in [-0.2, -0.15) is 5.10 Å². The van der Waals surface area contributed by atoms with Crippen molar-refractivity contribution in [2.45, 2.75) is 58.3 Å². The minimum Gasteiger partial charge on any atom is -0.477 e. The van der Waals surface area contributed by atoms with Crippen LogP contribution >= 0.6 is 0 Å². The standard InChI is InChI=1S/C28H37N5O2/c1-3-31(4-2)16-13-20-14-17-32(18-15-20)24-19-23(28(34)35)29-27-25(24)26(21-9-8-10-21)30-33(27)22-11-6-5-7-12-22/h5-7,11-12,19-21H,3-4,8-10,13-18H2,1-2H3,(H,34,35). The number of fused-ring (bicyclic) bond motifs is 1. The number of carboxylic acid groups (broad SMARTS) is 1. The molecule has 0 spiro atoms. The fourth-order valence-electron chi connectivity index (χ4n) is 5.57. The van der Waals surface area contributed by atoms with Gasteiger partial charge in [0.2, 0.25) is 0 Å². The summed E-state index contributed by atoms with van der Waals surface area (Å²) in [7, 11) is 0. The minimum absolute atomic E-state index is 0.0911. The molecule has 2 aliphatic rings. The second-order valence-corrected chi connectivity index (χ2v) is 10.0. The average Bonchev–Trinajstić information content (AvgIpc) is 3.23. The molecule has 186 valence electrons. The first kappa shape index (κ1) is 23.8. The molecule has 2 aromatic heterocycles. The van der Waals surface area contributed by atoms with Gasteiger partial charge in [-0.05, 0) is 75.9 Å². The van der Waals surface area contributed by atoms with Gasteiger partial charge >= 0.3 is 5.97 Å². The quantitative estimate of drug-likeness (QED) is 0.451. The van der Waals surface area contributed by atoms with E-state index < -0.39 is 5.97 Å². The smallest absolute Gasteiger partial charge is 0.354 e. The molecule has 2 fully saturated rings. The zero-order valence-electron chi connectivity index (χ0n) is 21.0. The van der Waals surface area contributed by atoms with Crippen LogP contribution in [0.25, 0.3) is 16.7 Å². The normalized spacial score (nSPS) is 17.3. The SMILES string of the molecule is CCN(CC)CCC1CCN(c2cc(C(=O)O)nc3c2c(C2CCC2)nn3-c2ccccc2)CC1. The van der Waals surface area contributed by atoms with Crippen molar-refractivity contribution in [3.63, 3.8) is 0 Å². The van der Waals surface area contributed by atoms with E-state index in [1.807, 2.05) is 35.0 Å². The van der Waals surface area contributed by atoms with Crippen molar-refractivity contribution in [3.8, 4) is 5.69 Å². The van der Waals surface area contributed by atoms with Crippen molar-refractivity contribution >= 4 is 22.7 Å². The van der Waals surface area contributed by atoms with Gasteiger partial charge < -0.3 is 14.9 Å². The molecule has 7 nitrogen and oxygen atoms in total. The summed E-state index contributed by atoms with van der Waals surface area (Å²) in [5.41, 5.74) is 3.75. The number of nitrogens with zero attached hydrogens (tertiary/aromatic N) is 5. The lowest BCUT2D eigenvalue weighted by Crippen LogP contribution is -2.35. The number of carboxylic acids is 1. The molecule has 5 rings (SSSR count). The van der Waals surface area contributed by atoms with E-state index >= 15 is 0 Å². The Morgan fingerprint density at radius 3 is 2.40 bits per heavy atom. The number of aromatic carboxylic acids is 1. The first-order valence-corrected chi connectivity index (χ1v) is 13.3. The highest BCUT2D eigenvalue weighted by molar-refractivity contribution is 5.98. The maximum Gasteiger partial charge on any atom is 0.354 e. The highest BCUT2D eigenvalue weighted by Crippen LogP contribution is 2.43. The first-order chi connectivity index (χ1) is 17.1. The molecule has 0 bridgehead atoms. The van der Waals surface area contributed by atoms with Gasteiger partial charge in [0.25, 0.3) is 0 Å². The molecule has 35 heavy (non-hydrogen) atoms. The lowest BCUT2D eigenvalue weighted by Gasteiger charge is -2.35. The monoisotopic (exact) mass is 475 g/mol. The molecule has 1 aliphatic carbocycles. The Morgan fingerprint density at radius 2 is 1.80 bits per heavy atom. The number of aromatic nitrogens is 3. The van der Waals surface area contributed by atoms with Crippen LogP contribution in [0.3, 0.4) is 0 Å². The number of carbonyl (C=O) groups is 1. The number of rotatable bonds is 9. The summed E-state index contributed by atoms with van der Waals surface area (Å²) in [6.07, 6.45) is 7.00. The highest BCUT2D eigenvalue weighted by Gasteiger charge is 2.31. The molecule has 3 aromatic rings. The lowest BCUT2D eigenvalue weighted by atomic mass is 9.81. The van der Waals surface area contributed by atoms with Gasteiger partial charge in [0, 0.05) is 19.0 Å². The maximum absolute atomic E-state index is 12.1. The number of hydrogen-bond acceptors (Lipinski definition) is 5. The number of para-hydroxylation sites is 1. The van der Waals surface area contributed by atoms with Crippen LogP contribution in [0.15, 0.2) is 36.4 Å². The van der Waals surface area contributed by atoms with Gasteiger partial charge in [0.05, 0.1) is 22.5 Å². The zero-order chi connectivity index (χ0) is 24.4. The third kappa shape index (κ3) is 4.79. The Labute approximate surface area is 207 Å². The summed E-state index contributed by atoms with van der Waals surface area (Å²) in [5, 5.41) is 16.0. The van der Waals surface area contributed by atoms with Gasteiger partial charge in [-0.25, -0.2) is 14.5 Å².